The Bertz CT molecular complexity index is 501. The zero-order chi connectivity index (χ0) is 25.1. The second-order valence-electron chi connectivity index (χ2n) is 9.68. The molecule has 0 aromatic heterocycles. The van der Waals surface area contributed by atoms with Gasteiger partial charge in [0.1, 0.15) is 12.7 Å². The maximum Gasteiger partial charge on any atom is 0.220 e. The molecule has 1 amide bonds. The van der Waals surface area contributed by atoms with Crippen LogP contribution in [0.4, 0.5) is 0 Å². The van der Waals surface area contributed by atoms with Crippen molar-refractivity contribution in [2.75, 3.05) is 13.2 Å². The molecule has 0 bridgehead atoms. The van der Waals surface area contributed by atoms with E-state index in [9.17, 15) is 9.90 Å². The molecule has 0 fully saturated rings. The zero-order valence-corrected chi connectivity index (χ0v) is 22.9. The van der Waals surface area contributed by atoms with E-state index in [1.165, 1.54) is 83.5 Å². The number of aliphatic hydroxyl groups excluding tert-OH is 1. The predicted octanol–water partition coefficient (Wildman–Crippen LogP) is 8.39. The normalized spacial score (nSPS) is 12.9. The molecule has 4 nitrogen and oxygen atoms in total. The number of rotatable bonds is 25. The average molecular weight is 480 g/mol. The van der Waals surface area contributed by atoms with E-state index in [2.05, 4.69) is 31.3 Å². The lowest BCUT2D eigenvalue weighted by molar-refractivity contribution is -0.121. The lowest BCUT2D eigenvalue weighted by Gasteiger charge is -2.15. The number of amides is 1. The summed E-state index contributed by atoms with van der Waals surface area (Å²) in [5, 5.41) is 13.0. The molecule has 0 radical (unpaired) electrons. The van der Waals surface area contributed by atoms with Gasteiger partial charge in [-0.15, -0.1) is 0 Å². The summed E-state index contributed by atoms with van der Waals surface area (Å²) in [6.45, 7) is 6.82. The van der Waals surface area contributed by atoms with Crippen molar-refractivity contribution in [3.63, 3.8) is 0 Å². The topological polar surface area (TPSA) is 58.6 Å². The largest absolute Gasteiger partial charge is 0.496 e. The summed E-state index contributed by atoms with van der Waals surface area (Å²) in [6, 6.07) is 0. The van der Waals surface area contributed by atoms with Crippen LogP contribution in [-0.4, -0.2) is 30.3 Å². The highest BCUT2D eigenvalue weighted by atomic mass is 16.5. The van der Waals surface area contributed by atoms with Gasteiger partial charge in [0.25, 0.3) is 0 Å². The fourth-order valence-electron chi connectivity index (χ4n) is 4.09. The van der Waals surface area contributed by atoms with Crippen molar-refractivity contribution in [1.82, 2.24) is 5.32 Å². The van der Waals surface area contributed by atoms with E-state index in [-0.39, 0.29) is 19.1 Å². The van der Waals surface area contributed by atoms with Crippen LogP contribution in [0, 0.1) is 0 Å². The summed E-state index contributed by atoms with van der Waals surface area (Å²) < 4.78 is 5.79. The zero-order valence-electron chi connectivity index (χ0n) is 22.9. The van der Waals surface area contributed by atoms with Crippen molar-refractivity contribution in [1.29, 1.82) is 0 Å². The molecule has 0 aliphatic rings. The Hall–Kier alpha value is -1.29. The molecule has 0 aliphatic heterocycles. The summed E-state index contributed by atoms with van der Waals surface area (Å²) >= 11 is 0. The van der Waals surface area contributed by atoms with Crippen molar-refractivity contribution in [2.24, 2.45) is 0 Å². The van der Waals surface area contributed by atoms with Crippen molar-refractivity contribution in [3.8, 4) is 0 Å². The lowest BCUT2D eigenvalue weighted by atomic mass is 10.0. The second-order valence-corrected chi connectivity index (χ2v) is 9.68. The minimum atomic E-state index is -0.664. The number of carbonyl (C=O) groups excluding carboxylic acids is 1. The van der Waals surface area contributed by atoms with Crippen LogP contribution in [0.15, 0.2) is 24.0 Å². The molecule has 0 aromatic rings. The fraction of sp³-hybridized carbons (Fsp3) is 0.833. The third-order valence-corrected chi connectivity index (χ3v) is 6.36. The summed E-state index contributed by atoms with van der Waals surface area (Å²) in [7, 11) is 0. The van der Waals surface area contributed by atoms with Crippen LogP contribution in [0.3, 0.4) is 0 Å². The van der Waals surface area contributed by atoms with E-state index in [4.69, 9.17) is 4.74 Å². The van der Waals surface area contributed by atoms with Gasteiger partial charge in [0, 0.05) is 19.4 Å². The van der Waals surface area contributed by atoms with Gasteiger partial charge in [-0.05, 0) is 45.6 Å². The Labute approximate surface area is 212 Å². The predicted molar refractivity (Wildman–Crippen MR) is 147 cm³/mol. The van der Waals surface area contributed by atoms with Gasteiger partial charge in [0.05, 0.1) is 5.76 Å². The first-order valence-corrected chi connectivity index (χ1v) is 14.5. The minimum absolute atomic E-state index is 0.0279. The Morgan fingerprint density at radius 1 is 0.794 bits per heavy atom. The first-order valence-electron chi connectivity index (χ1n) is 14.5. The van der Waals surface area contributed by atoms with E-state index in [0.717, 1.165) is 37.9 Å². The van der Waals surface area contributed by atoms with Gasteiger partial charge in [-0.25, -0.2) is 0 Å². The number of carbonyl (C=O) groups is 1. The molecule has 0 saturated carbocycles. The van der Waals surface area contributed by atoms with Crippen LogP contribution >= 0.6 is 0 Å². The molecule has 0 saturated heterocycles. The smallest absolute Gasteiger partial charge is 0.220 e. The number of ether oxygens (including phenoxy) is 1. The maximum absolute atomic E-state index is 12.0. The molecule has 34 heavy (non-hydrogen) atoms. The van der Waals surface area contributed by atoms with Gasteiger partial charge in [-0.1, -0.05) is 103 Å². The van der Waals surface area contributed by atoms with E-state index < -0.39 is 6.10 Å². The maximum atomic E-state index is 12.0. The average Bonchev–Trinajstić information content (AvgIpc) is 2.84. The van der Waals surface area contributed by atoms with E-state index >= 15 is 0 Å². The van der Waals surface area contributed by atoms with Gasteiger partial charge in [0.15, 0.2) is 0 Å². The van der Waals surface area contributed by atoms with E-state index in [1.54, 1.807) is 0 Å². The SMILES string of the molecule is C/C=C\CCCCCCCC(=O)NCC(O)CO/C(=C\C)CCCCCCCCCCCCC. The van der Waals surface area contributed by atoms with Crippen molar-refractivity contribution >= 4 is 5.91 Å². The fourth-order valence-corrected chi connectivity index (χ4v) is 4.09. The molecule has 1 unspecified atom stereocenters. The summed E-state index contributed by atoms with van der Waals surface area (Å²) in [6.07, 6.45) is 28.6. The monoisotopic (exact) mass is 479 g/mol. The molecule has 2 N–H and O–H groups in total. The first kappa shape index (κ1) is 32.7. The van der Waals surface area contributed by atoms with Gasteiger partial charge < -0.3 is 15.2 Å². The van der Waals surface area contributed by atoms with Crippen molar-refractivity contribution in [3.05, 3.63) is 24.0 Å². The van der Waals surface area contributed by atoms with Crippen molar-refractivity contribution in [2.45, 2.75) is 149 Å². The molecule has 4 heteroatoms. The van der Waals surface area contributed by atoms with Gasteiger partial charge in [0.2, 0.25) is 5.91 Å². The number of nitrogens with one attached hydrogen (secondary N) is 1. The number of allylic oxidation sites excluding steroid dienone is 4. The van der Waals surface area contributed by atoms with Crippen LogP contribution in [0.25, 0.3) is 0 Å². The third kappa shape index (κ3) is 23.9. The minimum Gasteiger partial charge on any atom is -0.496 e. The molecule has 1 atom stereocenters. The number of aliphatic hydroxyl groups is 1. The standard InChI is InChI=1S/C30H57NO3/c1-4-7-9-11-13-15-16-17-18-20-22-24-29(6-3)34-27-28(32)26-31-30(33)25-23-21-19-14-12-10-8-5-2/h5-6,8,28,32H,4,7,9-27H2,1-3H3,(H,31,33)/b8-5-,29-6-. The highest BCUT2D eigenvalue weighted by Gasteiger charge is 2.09. The van der Waals surface area contributed by atoms with Gasteiger partial charge in [-0.2, -0.15) is 0 Å². The molecular formula is C30H57NO3. The molecule has 0 aliphatic carbocycles. The molecule has 0 rings (SSSR count). The van der Waals surface area contributed by atoms with Crippen LogP contribution < -0.4 is 5.32 Å². The first-order chi connectivity index (χ1) is 16.6. The highest BCUT2D eigenvalue weighted by Crippen LogP contribution is 2.15. The Morgan fingerprint density at radius 3 is 1.88 bits per heavy atom. The van der Waals surface area contributed by atoms with Gasteiger partial charge >= 0.3 is 0 Å². The van der Waals surface area contributed by atoms with E-state index in [0.29, 0.717) is 6.42 Å². The van der Waals surface area contributed by atoms with Crippen LogP contribution in [-0.2, 0) is 9.53 Å². The van der Waals surface area contributed by atoms with Crippen LogP contribution in [0.5, 0.6) is 0 Å². The lowest BCUT2D eigenvalue weighted by Crippen LogP contribution is -2.34. The van der Waals surface area contributed by atoms with Gasteiger partial charge in [-0.3, -0.25) is 4.79 Å². The Morgan fingerprint density at radius 2 is 1.32 bits per heavy atom. The Kier molecular flexibility index (Phi) is 25.3. The number of hydrogen-bond acceptors (Lipinski definition) is 3. The highest BCUT2D eigenvalue weighted by molar-refractivity contribution is 5.75. The number of unbranched alkanes of at least 4 members (excludes halogenated alkanes) is 15. The molecule has 200 valence electrons. The van der Waals surface area contributed by atoms with Crippen molar-refractivity contribution < 1.29 is 14.6 Å². The quantitative estimate of drug-likeness (QED) is 0.0785. The molecular weight excluding hydrogens is 422 g/mol. The summed E-state index contributed by atoms with van der Waals surface area (Å²) in [5.74, 6) is 0.982. The third-order valence-electron chi connectivity index (χ3n) is 6.36. The van der Waals surface area contributed by atoms with E-state index in [1.807, 2.05) is 13.0 Å². The number of hydrogen-bond donors (Lipinski definition) is 2. The Balaban J connectivity index is 3.60. The molecule has 0 heterocycles. The summed E-state index contributed by atoms with van der Waals surface area (Å²) in [5.41, 5.74) is 0. The molecule has 0 aromatic carbocycles. The van der Waals surface area contributed by atoms with Crippen LogP contribution in [0.2, 0.25) is 0 Å². The second kappa shape index (κ2) is 26.3. The summed E-state index contributed by atoms with van der Waals surface area (Å²) in [4.78, 5) is 12.0. The molecule has 0 spiro atoms. The van der Waals surface area contributed by atoms with Crippen LogP contribution in [0.1, 0.15) is 143 Å².